The molecule has 1 saturated heterocycles. The Labute approximate surface area is 209 Å². The van der Waals surface area contributed by atoms with E-state index >= 15 is 0 Å². The zero-order valence-electron chi connectivity index (χ0n) is 19.3. The van der Waals surface area contributed by atoms with Crippen molar-refractivity contribution in [1.29, 1.82) is 0 Å². The van der Waals surface area contributed by atoms with Gasteiger partial charge in [0.2, 0.25) is 5.91 Å². The maximum absolute atomic E-state index is 13.0. The molecule has 1 aromatic heterocycles. The number of H-pyrrole nitrogens is 1. The molecule has 2 aromatic carbocycles. The van der Waals surface area contributed by atoms with Gasteiger partial charge in [-0.25, -0.2) is 4.98 Å². The largest absolute Gasteiger partial charge is 0.492 e. The number of amides is 2. The molecule has 9 nitrogen and oxygen atoms in total. The fourth-order valence-corrected chi connectivity index (χ4v) is 4.00. The second-order valence-corrected chi connectivity index (χ2v) is 8.83. The van der Waals surface area contributed by atoms with Crippen molar-refractivity contribution >= 4 is 29.1 Å². The van der Waals surface area contributed by atoms with Gasteiger partial charge in [0.25, 0.3) is 5.91 Å². The molecule has 1 atom stereocenters. The normalized spacial score (nSPS) is 15.0. The lowest BCUT2D eigenvalue weighted by molar-refractivity contribution is -0.117. The van der Waals surface area contributed by atoms with Gasteiger partial charge in [0.1, 0.15) is 12.4 Å². The second-order valence-electron chi connectivity index (χ2n) is 8.39. The Balaban J connectivity index is 1.23. The van der Waals surface area contributed by atoms with Crippen molar-refractivity contribution in [3.05, 3.63) is 77.3 Å². The van der Waals surface area contributed by atoms with Crippen molar-refractivity contribution < 1.29 is 14.3 Å². The average molecular weight is 497 g/mol. The number of carbonyl (C=O) groups is 2. The molecule has 10 heteroatoms. The summed E-state index contributed by atoms with van der Waals surface area (Å²) in [6.45, 7) is 4.16. The zero-order valence-corrected chi connectivity index (χ0v) is 20.1. The van der Waals surface area contributed by atoms with Crippen LogP contribution in [0.5, 0.6) is 5.75 Å². The number of nitrogens with zero attached hydrogens (tertiary/aromatic N) is 3. The minimum absolute atomic E-state index is 0.0556. The van der Waals surface area contributed by atoms with E-state index in [1.807, 2.05) is 17.0 Å². The third-order valence-corrected chi connectivity index (χ3v) is 6.11. The fraction of sp³-hybridized carbons (Fsp3) is 0.320. The first-order chi connectivity index (χ1) is 17.0. The third-order valence-electron chi connectivity index (χ3n) is 5.86. The first-order valence-electron chi connectivity index (χ1n) is 11.5. The van der Waals surface area contributed by atoms with Crippen LogP contribution in [0.1, 0.15) is 16.1 Å². The molecule has 0 spiro atoms. The van der Waals surface area contributed by atoms with Crippen molar-refractivity contribution in [3.63, 3.8) is 0 Å². The van der Waals surface area contributed by atoms with Gasteiger partial charge >= 0.3 is 0 Å². The molecule has 0 bridgehead atoms. The standard InChI is InChI=1S/C25H29ClN6O3/c26-19-4-6-22(7-5-19)35-13-12-31-8-10-32(11-9-31)25(34)18-2-1-3-20(14-18)30-24(33)23(27)15-21-16-28-17-29-21/h1-7,14,16-17,23H,8-13,15,27H2,(H,28,29)(H,30,33)/t23-/m0/s1. The highest BCUT2D eigenvalue weighted by Crippen LogP contribution is 2.17. The van der Waals surface area contributed by atoms with Crippen molar-refractivity contribution in [3.8, 4) is 5.75 Å². The first kappa shape index (κ1) is 24.7. The predicted octanol–water partition coefficient (Wildman–Crippen LogP) is 2.41. The molecule has 2 amide bonds. The maximum atomic E-state index is 13.0. The molecule has 0 unspecified atom stereocenters. The zero-order chi connectivity index (χ0) is 24.6. The van der Waals surface area contributed by atoms with E-state index in [9.17, 15) is 9.59 Å². The first-order valence-corrected chi connectivity index (χ1v) is 11.9. The molecule has 4 N–H and O–H groups in total. The summed E-state index contributed by atoms with van der Waals surface area (Å²) >= 11 is 5.90. The SMILES string of the molecule is N[C@@H](Cc1cnc[nH]1)C(=O)Nc1cccc(C(=O)N2CCN(CCOc3ccc(Cl)cc3)CC2)c1. The lowest BCUT2D eigenvalue weighted by atomic mass is 10.1. The van der Waals surface area contributed by atoms with Crippen LogP contribution < -0.4 is 15.8 Å². The number of halogens is 1. The molecule has 4 rings (SSSR count). The molecule has 1 aliphatic rings. The quantitative estimate of drug-likeness (QED) is 0.419. The van der Waals surface area contributed by atoms with Crippen LogP contribution in [0.2, 0.25) is 5.02 Å². The van der Waals surface area contributed by atoms with E-state index < -0.39 is 6.04 Å². The molecule has 1 fully saturated rings. The number of hydrogen-bond acceptors (Lipinski definition) is 6. The van der Waals surface area contributed by atoms with Gasteiger partial charge in [-0.2, -0.15) is 0 Å². The Hall–Kier alpha value is -3.40. The van der Waals surface area contributed by atoms with E-state index in [0.717, 1.165) is 31.1 Å². The lowest BCUT2D eigenvalue weighted by Gasteiger charge is -2.34. The molecular weight excluding hydrogens is 468 g/mol. The van der Waals surface area contributed by atoms with E-state index in [-0.39, 0.29) is 11.8 Å². The minimum atomic E-state index is -0.730. The Kier molecular flexibility index (Phi) is 8.36. The number of aromatic nitrogens is 2. The molecule has 0 saturated carbocycles. The molecule has 35 heavy (non-hydrogen) atoms. The number of anilines is 1. The van der Waals surface area contributed by atoms with Crippen LogP contribution in [0.25, 0.3) is 0 Å². The fourth-order valence-electron chi connectivity index (χ4n) is 3.87. The predicted molar refractivity (Wildman–Crippen MR) is 135 cm³/mol. The second kappa shape index (κ2) is 11.8. The maximum Gasteiger partial charge on any atom is 0.254 e. The van der Waals surface area contributed by atoms with Crippen LogP contribution in [0.4, 0.5) is 5.69 Å². The highest BCUT2D eigenvalue weighted by atomic mass is 35.5. The van der Waals surface area contributed by atoms with E-state index in [2.05, 4.69) is 20.2 Å². The van der Waals surface area contributed by atoms with Crippen LogP contribution >= 0.6 is 11.6 Å². The van der Waals surface area contributed by atoms with E-state index in [0.29, 0.717) is 42.4 Å². The number of benzene rings is 2. The van der Waals surface area contributed by atoms with Gasteiger partial charge in [-0.05, 0) is 42.5 Å². The average Bonchev–Trinajstić information content (AvgIpc) is 3.38. The van der Waals surface area contributed by atoms with Crippen molar-refractivity contribution in [2.45, 2.75) is 12.5 Å². The van der Waals surface area contributed by atoms with Crippen molar-refractivity contribution in [2.24, 2.45) is 5.73 Å². The summed E-state index contributed by atoms with van der Waals surface area (Å²) < 4.78 is 5.77. The van der Waals surface area contributed by atoms with Crippen molar-refractivity contribution in [2.75, 3.05) is 44.6 Å². The van der Waals surface area contributed by atoms with Crippen LogP contribution in [-0.2, 0) is 11.2 Å². The summed E-state index contributed by atoms with van der Waals surface area (Å²) in [4.78, 5) is 36.5. The van der Waals surface area contributed by atoms with Gasteiger partial charge in [-0.1, -0.05) is 17.7 Å². The van der Waals surface area contributed by atoms with E-state index in [1.165, 1.54) is 0 Å². The molecule has 3 aromatic rings. The number of carbonyl (C=O) groups excluding carboxylic acids is 2. The molecular formula is C25H29ClN6O3. The molecule has 184 valence electrons. The van der Waals surface area contributed by atoms with Gasteiger partial charge in [-0.15, -0.1) is 0 Å². The Morgan fingerprint density at radius 1 is 1.14 bits per heavy atom. The Morgan fingerprint density at radius 2 is 1.91 bits per heavy atom. The number of nitrogens with one attached hydrogen (secondary N) is 2. The summed E-state index contributed by atoms with van der Waals surface area (Å²) in [6.07, 6.45) is 3.53. The van der Waals surface area contributed by atoms with Crippen molar-refractivity contribution in [1.82, 2.24) is 19.8 Å². The van der Waals surface area contributed by atoms with Crippen LogP contribution in [-0.4, -0.2) is 77.0 Å². The van der Waals surface area contributed by atoms with E-state index in [1.54, 1.807) is 48.9 Å². The summed E-state index contributed by atoms with van der Waals surface area (Å²) in [5.74, 6) is 0.413. The van der Waals surface area contributed by atoms with Crippen LogP contribution in [0.3, 0.4) is 0 Å². The highest BCUT2D eigenvalue weighted by Gasteiger charge is 2.23. The molecule has 0 aliphatic carbocycles. The Morgan fingerprint density at radius 3 is 2.63 bits per heavy atom. The summed E-state index contributed by atoms with van der Waals surface area (Å²) in [6, 6.07) is 13.5. The number of aromatic amines is 1. The van der Waals surface area contributed by atoms with Gasteiger partial charge in [0, 0.05) is 67.3 Å². The van der Waals surface area contributed by atoms with Gasteiger partial charge < -0.3 is 25.7 Å². The topological polar surface area (TPSA) is 117 Å². The number of piperazine rings is 1. The molecule has 2 heterocycles. The lowest BCUT2D eigenvalue weighted by Crippen LogP contribution is -2.49. The Bertz CT molecular complexity index is 1110. The number of ether oxygens (including phenoxy) is 1. The van der Waals surface area contributed by atoms with Crippen LogP contribution in [0.15, 0.2) is 61.1 Å². The van der Waals surface area contributed by atoms with E-state index in [4.69, 9.17) is 22.1 Å². The molecule has 1 aliphatic heterocycles. The highest BCUT2D eigenvalue weighted by molar-refractivity contribution is 6.30. The van der Waals surface area contributed by atoms with Gasteiger partial charge in [0.05, 0.1) is 12.4 Å². The number of nitrogens with two attached hydrogens (primary N) is 1. The minimum Gasteiger partial charge on any atom is -0.492 e. The van der Waals surface area contributed by atoms with Crippen LogP contribution in [0, 0.1) is 0 Å². The summed E-state index contributed by atoms with van der Waals surface area (Å²) in [5.41, 5.74) is 7.86. The summed E-state index contributed by atoms with van der Waals surface area (Å²) in [7, 11) is 0. The molecule has 0 radical (unpaired) electrons. The number of rotatable bonds is 9. The summed E-state index contributed by atoms with van der Waals surface area (Å²) in [5, 5.41) is 3.48. The third kappa shape index (κ3) is 7.05. The monoisotopic (exact) mass is 496 g/mol. The van der Waals surface area contributed by atoms with Gasteiger partial charge in [0.15, 0.2) is 0 Å². The number of hydrogen-bond donors (Lipinski definition) is 3. The smallest absolute Gasteiger partial charge is 0.254 e. The van der Waals surface area contributed by atoms with Gasteiger partial charge in [-0.3, -0.25) is 14.5 Å². The number of imidazole rings is 1.